The third kappa shape index (κ3) is 3.07. The van der Waals surface area contributed by atoms with Crippen molar-refractivity contribution in [1.29, 1.82) is 0 Å². The topological polar surface area (TPSA) is 112 Å². The van der Waals surface area contributed by atoms with Gasteiger partial charge in [0.25, 0.3) is 11.7 Å². The molecule has 1 amide bonds. The first kappa shape index (κ1) is 15.1. The molecule has 2 N–H and O–H groups in total. The first-order chi connectivity index (χ1) is 9.93. The summed E-state index contributed by atoms with van der Waals surface area (Å²) >= 11 is 4.81. The fourth-order valence-corrected chi connectivity index (χ4v) is 2.08. The number of fused-ring (bicyclic) bond motifs is 1. The maximum atomic E-state index is 12.3. The number of anilines is 1. The minimum absolute atomic E-state index is 0.134. The number of nitro groups is 1. The second-order valence-electron chi connectivity index (χ2n) is 4.47. The van der Waals surface area contributed by atoms with Gasteiger partial charge in [-0.05, 0) is 22.4 Å². The molecule has 1 aliphatic rings. The van der Waals surface area contributed by atoms with E-state index in [1.165, 1.54) is 17.0 Å². The van der Waals surface area contributed by atoms with Crippen LogP contribution in [-0.2, 0) is 4.79 Å². The lowest BCUT2D eigenvalue weighted by Gasteiger charge is -2.30. The molecular formula is C12H14N4O4S. The molecule has 0 spiro atoms. The van der Waals surface area contributed by atoms with Crippen molar-refractivity contribution in [2.45, 2.75) is 25.9 Å². The summed E-state index contributed by atoms with van der Waals surface area (Å²) in [6.45, 7) is 2.04. The van der Waals surface area contributed by atoms with Crippen molar-refractivity contribution >= 4 is 34.7 Å². The zero-order chi connectivity index (χ0) is 15.6. The third-order valence-electron chi connectivity index (χ3n) is 3.03. The van der Waals surface area contributed by atoms with Crippen LogP contribution in [0, 0.1) is 10.1 Å². The van der Waals surface area contributed by atoms with Crippen LogP contribution in [0.1, 0.15) is 19.8 Å². The monoisotopic (exact) mass is 310 g/mol. The van der Waals surface area contributed by atoms with Gasteiger partial charge in [-0.25, -0.2) is 0 Å². The molecular weight excluding hydrogens is 296 g/mol. The Hall–Kier alpha value is -2.29. The van der Waals surface area contributed by atoms with Crippen LogP contribution >= 0.6 is 12.2 Å². The highest BCUT2D eigenvalue weighted by Gasteiger charge is 2.37. The molecule has 0 aliphatic carbocycles. The van der Waals surface area contributed by atoms with E-state index in [-0.39, 0.29) is 29.1 Å². The molecule has 21 heavy (non-hydrogen) atoms. The molecule has 1 unspecified atom stereocenters. The first-order valence-corrected chi connectivity index (χ1v) is 6.76. The van der Waals surface area contributed by atoms with Crippen LogP contribution in [0.3, 0.4) is 0 Å². The van der Waals surface area contributed by atoms with Crippen molar-refractivity contribution in [2.75, 3.05) is 11.4 Å². The van der Waals surface area contributed by atoms with Crippen molar-refractivity contribution in [1.82, 2.24) is 4.98 Å². The molecule has 2 rings (SSSR count). The van der Waals surface area contributed by atoms with E-state index in [0.717, 1.165) is 0 Å². The molecule has 0 bridgehead atoms. The van der Waals surface area contributed by atoms with Gasteiger partial charge in [-0.1, -0.05) is 19.1 Å². The fraction of sp³-hybridized carbons (Fsp3) is 0.417. The van der Waals surface area contributed by atoms with Gasteiger partial charge in [0.1, 0.15) is 0 Å². The van der Waals surface area contributed by atoms with Crippen LogP contribution in [-0.4, -0.2) is 33.5 Å². The number of carbonyl (C=O) groups is 1. The second kappa shape index (κ2) is 6.00. The maximum Gasteiger partial charge on any atom is 0.366 e. The molecule has 8 nitrogen and oxygen atoms in total. The Labute approximate surface area is 126 Å². The van der Waals surface area contributed by atoms with Crippen molar-refractivity contribution in [3.63, 3.8) is 0 Å². The Bertz CT molecular complexity index is 607. The van der Waals surface area contributed by atoms with Crippen molar-refractivity contribution < 1.29 is 14.5 Å². The van der Waals surface area contributed by atoms with E-state index in [0.29, 0.717) is 18.6 Å². The Morgan fingerprint density at radius 2 is 2.33 bits per heavy atom. The van der Waals surface area contributed by atoms with E-state index in [9.17, 15) is 14.9 Å². The lowest BCUT2D eigenvalue weighted by atomic mass is 10.2. The predicted octanol–water partition coefficient (Wildman–Crippen LogP) is 1.17. The summed E-state index contributed by atoms with van der Waals surface area (Å²) in [6, 6.07) is 2.69. The molecule has 0 fully saturated rings. The second-order valence-corrected chi connectivity index (χ2v) is 4.99. The number of aromatic nitrogens is 1. The molecule has 2 heterocycles. The smallest absolute Gasteiger partial charge is 0.366 e. The summed E-state index contributed by atoms with van der Waals surface area (Å²) in [5.74, 6) is -0.167. The molecule has 0 saturated heterocycles. The maximum absolute atomic E-state index is 12.3. The van der Waals surface area contributed by atoms with Crippen molar-refractivity contribution in [3.05, 3.63) is 22.2 Å². The van der Waals surface area contributed by atoms with Gasteiger partial charge in [-0.2, -0.15) is 0 Å². The zero-order valence-corrected chi connectivity index (χ0v) is 12.1. The number of rotatable bonds is 5. The van der Waals surface area contributed by atoms with E-state index < -0.39 is 11.0 Å². The summed E-state index contributed by atoms with van der Waals surface area (Å²) in [7, 11) is 0. The number of amides is 1. The molecule has 1 aromatic heterocycles. The minimum atomic E-state index is -0.632. The number of pyridine rings is 1. The molecule has 0 saturated carbocycles. The number of nitrogens with two attached hydrogens (primary N) is 1. The summed E-state index contributed by atoms with van der Waals surface area (Å²) in [5, 5.41) is 10.8. The Morgan fingerprint density at radius 1 is 1.62 bits per heavy atom. The highest BCUT2D eigenvalue weighted by Crippen LogP contribution is 2.34. The van der Waals surface area contributed by atoms with E-state index >= 15 is 0 Å². The normalized spacial score (nSPS) is 17.1. The van der Waals surface area contributed by atoms with Gasteiger partial charge in [0.05, 0.1) is 4.99 Å². The van der Waals surface area contributed by atoms with Crippen LogP contribution < -0.4 is 15.4 Å². The van der Waals surface area contributed by atoms with Crippen LogP contribution in [0.5, 0.6) is 5.75 Å². The zero-order valence-electron chi connectivity index (χ0n) is 11.3. The summed E-state index contributed by atoms with van der Waals surface area (Å²) in [6.07, 6.45) is 0.160. The number of carbonyl (C=O) groups excluding carboxylic acids is 1. The highest BCUT2D eigenvalue weighted by atomic mass is 32.1. The van der Waals surface area contributed by atoms with Crippen LogP contribution in [0.15, 0.2) is 12.1 Å². The van der Waals surface area contributed by atoms with Gasteiger partial charge < -0.3 is 20.6 Å². The molecule has 0 aromatic carbocycles. The van der Waals surface area contributed by atoms with Gasteiger partial charge in [0.2, 0.25) is 0 Å². The van der Waals surface area contributed by atoms with E-state index in [4.69, 9.17) is 22.7 Å². The summed E-state index contributed by atoms with van der Waals surface area (Å²) in [4.78, 5) is 28.0. The minimum Gasteiger partial charge on any atom is -0.474 e. The van der Waals surface area contributed by atoms with Crippen molar-refractivity contribution in [3.8, 4) is 5.75 Å². The third-order valence-corrected chi connectivity index (χ3v) is 3.23. The van der Waals surface area contributed by atoms with Gasteiger partial charge in [0, 0.05) is 19.0 Å². The lowest BCUT2D eigenvalue weighted by molar-refractivity contribution is -0.389. The summed E-state index contributed by atoms with van der Waals surface area (Å²) < 4.78 is 5.52. The molecule has 1 aliphatic heterocycles. The quantitative estimate of drug-likeness (QED) is 0.493. The average molecular weight is 310 g/mol. The number of thiocarbonyl (C=S) groups is 1. The van der Waals surface area contributed by atoms with Crippen LogP contribution in [0.4, 0.5) is 11.6 Å². The van der Waals surface area contributed by atoms with Gasteiger partial charge >= 0.3 is 5.82 Å². The summed E-state index contributed by atoms with van der Waals surface area (Å²) in [5.41, 5.74) is 5.45. The first-order valence-electron chi connectivity index (χ1n) is 6.35. The standard InChI is InChI=1S/C12H14N4O4S/c1-2-7-12(17)15(6-5-9(13)21)11-8(20-7)3-4-10(14-11)16(18)19/h3-4,7H,2,5-6H2,1H3,(H2,13,21). The van der Waals surface area contributed by atoms with Crippen LogP contribution in [0.2, 0.25) is 0 Å². The molecule has 1 aromatic rings. The highest BCUT2D eigenvalue weighted by molar-refractivity contribution is 7.80. The fourth-order valence-electron chi connectivity index (χ4n) is 1.99. The Kier molecular flexibility index (Phi) is 4.32. The molecule has 112 valence electrons. The van der Waals surface area contributed by atoms with Crippen molar-refractivity contribution in [2.24, 2.45) is 5.73 Å². The average Bonchev–Trinajstić information content (AvgIpc) is 2.44. The number of nitrogens with zero attached hydrogens (tertiary/aromatic N) is 3. The van der Waals surface area contributed by atoms with Gasteiger partial charge in [-0.15, -0.1) is 0 Å². The van der Waals surface area contributed by atoms with E-state index in [2.05, 4.69) is 4.98 Å². The predicted molar refractivity (Wildman–Crippen MR) is 79.4 cm³/mol. The van der Waals surface area contributed by atoms with Gasteiger partial charge in [-0.3, -0.25) is 9.69 Å². The molecule has 9 heteroatoms. The van der Waals surface area contributed by atoms with E-state index in [1.807, 2.05) is 6.92 Å². The lowest BCUT2D eigenvalue weighted by Crippen LogP contribution is -2.47. The molecule has 1 atom stereocenters. The number of hydrogen-bond acceptors (Lipinski definition) is 6. The van der Waals surface area contributed by atoms with Crippen LogP contribution in [0.25, 0.3) is 0 Å². The largest absolute Gasteiger partial charge is 0.474 e. The number of ether oxygens (including phenoxy) is 1. The molecule has 0 radical (unpaired) electrons. The Balaban J connectivity index is 2.41. The van der Waals surface area contributed by atoms with Gasteiger partial charge in [0.15, 0.2) is 11.9 Å². The Morgan fingerprint density at radius 3 is 2.90 bits per heavy atom. The van der Waals surface area contributed by atoms with E-state index in [1.54, 1.807) is 0 Å². The SMILES string of the molecule is CCC1Oc2ccc([N+](=O)[O-])nc2N(CCC(N)=S)C1=O. The number of hydrogen-bond donors (Lipinski definition) is 1.